The fourth-order valence-electron chi connectivity index (χ4n) is 2.77. The molecule has 1 atom stereocenters. The lowest BCUT2D eigenvalue weighted by molar-refractivity contribution is 0.0175. The van der Waals surface area contributed by atoms with Crippen molar-refractivity contribution in [3.05, 3.63) is 51.2 Å². The number of nitrogens with zero attached hydrogens (tertiary/aromatic N) is 3. The van der Waals surface area contributed by atoms with Gasteiger partial charge < -0.3 is 4.74 Å². The molecule has 1 aromatic heterocycles. The van der Waals surface area contributed by atoms with E-state index in [9.17, 15) is 4.79 Å². The van der Waals surface area contributed by atoms with Crippen LogP contribution in [0.2, 0.25) is 5.02 Å². The van der Waals surface area contributed by atoms with Crippen LogP contribution >= 0.6 is 27.5 Å². The van der Waals surface area contributed by atoms with Crippen LogP contribution in [0.5, 0.6) is 0 Å². The predicted octanol–water partition coefficient (Wildman–Crippen LogP) is 4.64. The molecule has 0 fully saturated rings. The van der Waals surface area contributed by atoms with E-state index in [1.807, 2.05) is 55.8 Å². The third-order valence-corrected chi connectivity index (χ3v) is 4.47. The lowest BCUT2D eigenvalue weighted by Gasteiger charge is -2.35. The second-order valence-corrected chi connectivity index (χ2v) is 8.02. The van der Waals surface area contributed by atoms with Crippen molar-refractivity contribution in [2.24, 2.45) is 0 Å². The number of hydrogen-bond donors (Lipinski definition) is 0. The molecule has 1 amide bonds. The second-order valence-electron chi connectivity index (χ2n) is 6.80. The predicted molar refractivity (Wildman–Crippen MR) is 96.2 cm³/mol. The first kappa shape index (κ1) is 17.3. The summed E-state index contributed by atoms with van der Waals surface area (Å²) in [5.41, 5.74) is 1.34. The van der Waals surface area contributed by atoms with Gasteiger partial charge in [-0.1, -0.05) is 29.8 Å². The van der Waals surface area contributed by atoms with Gasteiger partial charge >= 0.3 is 6.09 Å². The van der Waals surface area contributed by atoms with Crippen molar-refractivity contribution >= 4 is 33.6 Å². The average molecular weight is 413 g/mol. The zero-order valence-corrected chi connectivity index (χ0v) is 16.1. The van der Waals surface area contributed by atoms with E-state index in [2.05, 4.69) is 21.0 Å². The Balaban J connectivity index is 1.96. The zero-order valence-electron chi connectivity index (χ0n) is 13.8. The number of aromatic nitrogens is 2. The van der Waals surface area contributed by atoms with Crippen LogP contribution in [0, 0.1) is 0 Å². The van der Waals surface area contributed by atoms with Gasteiger partial charge in [0.05, 0.1) is 24.8 Å². The standard InChI is InChI=1S/C17H19BrClN3O2/c1-17(2,3)24-16(23)21-9-11-8-15(18)20-22(11)14(10-21)12-6-4-5-7-13(12)19/h4-8,14H,9-10H2,1-3H3. The Morgan fingerprint density at radius 2 is 2.08 bits per heavy atom. The molecule has 0 aliphatic carbocycles. The number of ether oxygens (including phenoxy) is 1. The van der Waals surface area contributed by atoms with Crippen LogP contribution in [-0.2, 0) is 11.3 Å². The fourth-order valence-corrected chi connectivity index (χ4v) is 3.47. The van der Waals surface area contributed by atoms with E-state index in [1.54, 1.807) is 4.90 Å². The van der Waals surface area contributed by atoms with Gasteiger partial charge in [-0.25, -0.2) is 4.79 Å². The van der Waals surface area contributed by atoms with Gasteiger partial charge in [-0.2, -0.15) is 5.10 Å². The minimum absolute atomic E-state index is 0.152. The number of carbonyl (C=O) groups excluding carboxylic acids is 1. The number of halogens is 2. The molecule has 0 spiro atoms. The van der Waals surface area contributed by atoms with Gasteiger partial charge in [0.1, 0.15) is 10.2 Å². The largest absolute Gasteiger partial charge is 0.444 e. The first-order valence-corrected chi connectivity index (χ1v) is 8.88. The van der Waals surface area contributed by atoms with Gasteiger partial charge in [-0.3, -0.25) is 9.58 Å². The van der Waals surface area contributed by atoms with Crippen LogP contribution in [0.3, 0.4) is 0 Å². The van der Waals surface area contributed by atoms with E-state index in [0.717, 1.165) is 15.9 Å². The van der Waals surface area contributed by atoms with Gasteiger partial charge in [0.15, 0.2) is 0 Å². The highest BCUT2D eigenvalue weighted by Crippen LogP contribution is 2.32. The Hall–Kier alpha value is -1.53. The van der Waals surface area contributed by atoms with Crippen LogP contribution in [0.4, 0.5) is 4.79 Å². The zero-order chi connectivity index (χ0) is 17.5. The van der Waals surface area contributed by atoms with E-state index >= 15 is 0 Å². The third kappa shape index (κ3) is 3.59. The highest BCUT2D eigenvalue weighted by molar-refractivity contribution is 9.10. The van der Waals surface area contributed by atoms with Gasteiger partial charge in [0, 0.05) is 5.02 Å². The maximum Gasteiger partial charge on any atom is 0.410 e. The van der Waals surface area contributed by atoms with Crippen molar-refractivity contribution in [2.45, 2.75) is 39.0 Å². The molecule has 1 unspecified atom stereocenters. The summed E-state index contributed by atoms with van der Waals surface area (Å²) >= 11 is 9.79. The van der Waals surface area contributed by atoms with Gasteiger partial charge in [0.2, 0.25) is 0 Å². The van der Waals surface area contributed by atoms with E-state index in [4.69, 9.17) is 16.3 Å². The highest BCUT2D eigenvalue weighted by Gasteiger charge is 2.33. The lowest BCUT2D eigenvalue weighted by Crippen LogP contribution is -2.44. The molecule has 2 heterocycles. The normalized spacial score (nSPS) is 17.5. The molecule has 1 aromatic carbocycles. The Kier molecular flexibility index (Phi) is 4.62. The van der Waals surface area contributed by atoms with Crippen molar-refractivity contribution in [2.75, 3.05) is 6.54 Å². The molecular formula is C17H19BrClN3O2. The number of benzene rings is 1. The van der Waals surface area contributed by atoms with Crippen molar-refractivity contribution in [1.29, 1.82) is 0 Å². The quantitative estimate of drug-likeness (QED) is 0.685. The molecule has 1 aliphatic rings. The van der Waals surface area contributed by atoms with Crippen LogP contribution in [0.1, 0.15) is 38.1 Å². The summed E-state index contributed by atoms with van der Waals surface area (Å²) in [6.07, 6.45) is -0.330. The van der Waals surface area contributed by atoms with Crippen LogP contribution in [0.25, 0.3) is 0 Å². The Labute approximate surface area is 154 Å². The molecule has 1 aliphatic heterocycles. The Bertz CT molecular complexity index is 769. The summed E-state index contributed by atoms with van der Waals surface area (Å²) in [6, 6.07) is 9.40. The van der Waals surface area contributed by atoms with Gasteiger partial charge in [-0.05, 0) is 54.4 Å². The highest BCUT2D eigenvalue weighted by atomic mass is 79.9. The summed E-state index contributed by atoms with van der Waals surface area (Å²) in [6.45, 7) is 6.50. The van der Waals surface area contributed by atoms with Gasteiger partial charge in [0.25, 0.3) is 0 Å². The maximum absolute atomic E-state index is 12.5. The van der Waals surface area contributed by atoms with E-state index < -0.39 is 5.60 Å². The molecule has 2 aromatic rings. The summed E-state index contributed by atoms with van der Waals surface area (Å²) in [5, 5.41) is 5.17. The van der Waals surface area contributed by atoms with E-state index in [-0.39, 0.29) is 12.1 Å². The summed E-state index contributed by atoms with van der Waals surface area (Å²) in [4.78, 5) is 14.2. The molecule has 0 saturated heterocycles. The van der Waals surface area contributed by atoms with E-state index in [1.165, 1.54) is 0 Å². The molecule has 0 bridgehead atoms. The Morgan fingerprint density at radius 3 is 2.75 bits per heavy atom. The summed E-state index contributed by atoms with van der Waals surface area (Å²) in [7, 11) is 0. The van der Waals surface area contributed by atoms with Crippen LogP contribution < -0.4 is 0 Å². The van der Waals surface area contributed by atoms with Crippen LogP contribution in [-0.4, -0.2) is 32.9 Å². The van der Waals surface area contributed by atoms with E-state index in [0.29, 0.717) is 18.1 Å². The molecule has 24 heavy (non-hydrogen) atoms. The molecule has 3 rings (SSSR count). The molecule has 0 saturated carbocycles. The average Bonchev–Trinajstić information content (AvgIpc) is 2.85. The SMILES string of the molecule is CC(C)(C)OC(=O)N1Cc2cc(Br)nn2C(c2ccccc2Cl)C1. The number of fused-ring (bicyclic) bond motifs is 1. The summed E-state index contributed by atoms with van der Waals surface area (Å²) in [5.74, 6) is 0. The second kappa shape index (κ2) is 6.41. The first-order chi connectivity index (χ1) is 11.2. The van der Waals surface area contributed by atoms with Crippen molar-refractivity contribution in [1.82, 2.24) is 14.7 Å². The fraction of sp³-hybridized carbons (Fsp3) is 0.412. The lowest BCUT2D eigenvalue weighted by atomic mass is 10.0. The molecule has 7 heteroatoms. The molecule has 0 radical (unpaired) electrons. The third-order valence-electron chi connectivity index (χ3n) is 3.74. The van der Waals surface area contributed by atoms with Crippen molar-refractivity contribution < 1.29 is 9.53 Å². The maximum atomic E-state index is 12.5. The molecule has 128 valence electrons. The first-order valence-electron chi connectivity index (χ1n) is 7.71. The van der Waals surface area contributed by atoms with Crippen molar-refractivity contribution in [3.63, 3.8) is 0 Å². The van der Waals surface area contributed by atoms with Crippen LogP contribution in [0.15, 0.2) is 34.9 Å². The Morgan fingerprint density at radius 1 is 1.38 bits per heavy atom. The molecule has 0 N–H and O–H groups in total. The smallest absolute Gasteiger partial charge is 0.410 e. The topological polar surface area (TPSA) is 47.4 Å². The van der Waals surface area contributed by atoms with Gasteiger partial charge in [-0.15, -0.1) is 0 Å². The minimum Gasteiger partial charge on any atom is -0.444 e. The number of carbonyl (C=O) groups is 1. The number of amides is 1. The summed E-state index contributed by atoms with van der Waals surface area (Å²) < 4.78 is 8.19. The minimum atomic E-state index is -0.532. The molecule has 5 nitrogen and oxygen atoms in total. The molecular weight excluding hydrogens is 394 g/mol. The van der Waals surface area contributed by atoms with Crippen molar-refractivity contribution in [3.8, 4) is 0 Å². The monoisotopic (exact) mass is 411 g/mol. The number of rotatable bonds is 1. The number of hydrogen-bond acceptors (Lipinski definition) is 3.